The highest BCUT2D eigenvalue weighted by Crippen LogP contribution is 2.25. The van der Waals surface area contributed by atoms with Crippen molar-refractivity contribution >= 4 is 22.4 Å². The van der Waals surface area contributed by atoms with Crippen molar-refractivity contribution in [3.63, 3.8) is 0 Å². The van der Waals surface area contributed by atoms with Gasteiger partial charge in [0.1, 0.15) is 12.4 Å². The van der Waals surface area contributed by atoms with Crippen LogP contribution in [0.5, 0.6) is 5.75 Å². The monoisotopic (exact) mass is 269 g/mol. The van der Waals surface area contributed by atoms with Crippen LogP contribution in [0.1, 0.15) is 5.69 Å². The van der Waals surface area contributed by atoms with E-state index in [1.807, 2.05) is 30.3 Å². The van der Waals surface area contributed by atoms with Crippen LogP contribution in [-0.4, -0.2) is 4.98 Å². The van der Waals surface area contributed by atoms with Crippen LogP contribution in [0, 0.1) is 0 Å². The molecule has 0 radical (unpaired) electrons. The Morgan fingerprint density at radius 3 is 2.74 bits per heavy atom. The molecule has 1 heterocycles. The maximum Gasteiger partial charge on any atom is 0.130 e. The molecule has 0 aliphatic heterocycles. The first-order valence-electron chi connectivity index (χ1n) is 6.04. The third-order valence-electron chi connectivity index (χ3n) is 2.90. The lowest BCUT2D eigenvalue weighted by Crippen LogP contribution is -1.98. The highest BCUT2D eigenvalue weighted by Gasteiger charge is 2.02. The predicted octanol–water partition coefficient (Wildman–Crippen LogP) is 4.47. The molecule has 0 aliphatic carbocycles. The Morgan fingerprint density at radius 2 is 1.84 bits per heavy atom. The highest BCUT2D eigenvalue weighted by molar-refractivity contribution is 6.30. The second-order valence-corrected chi connectivity index (χ2v) is 4.67. The van der Waals surface area contributed by atoms with Gasteiger partial charge in [-0.3, -0.25) is 4.98 Å². The number of hydrogen-bond acceptors (Lipinski definition) is 2. The number of ether oxygens (including phenoxy) is 1. The van der Waals surface area contributed by atoms with Crippen molar-refractivity contribution in [1.82, 2.24) is 4.98 Å². The van der Waals surface area contributed by atoms with Gasteiger partial charge >= 0.3 is 0 Å². The lowest BCUT2D eigenvalue weighted by molar-refractivity contribution is 0.305. The minimum Gasteiger partial charge on any atom is -0.487 e. The molecule has 1 aromatic heterocycles. The van der Waals surface area contributed by atoms with E-state index in [2.05, 4.69) is 23.2 Å². The number of hydrogen-bond donors (Lipinski definition) is 0. The minimum atomic E-state index is 0.411. The molecule has 2 aromatic carbocycles. The highest BCUT2D eigenvalue weighted by atomic mass is 35.5. The van der Waals surface area contributed by atoms with Crippen molar-refractivity contribution in [2.24, 2.45) is 0 Å². The van der Waals surface area contributed by atoms with Crippen molar-refractivity contribution in [2.75, 3.05) is 0 Å². The lowest BCUT2D eigenvalue weighted by atomic mass is 10.1. The molecule has 0 bridgehead atoms. The smallest absolute Gasteiger partial charge is 0.130 e. The van der Waals surface area contributed by atoms with Gasteiger partial charge in [0.15, 0.2) is 0 Å². The quantitative estimate of drug-likeness (QED) is 0.700. The summed E-state index contributed by atoms with van der Waals surface area (Å²) in [6.07, 6.45) is 1.68. The summed E-state index contributed by atoms with van der Waals surface area (Å²) >= 11 is 5.93. The van der Waals surface area contributed by atoms with Crippen LogP contribution in [0.2, 0.25) is 5.02 Å². The Bertz CT molecular complexity index is 706. The first kappa shape index (κ1) is 12.0. The van der Waals surface area contributed by atoms with E-state index in [0.29, 0.717) is 11.6 Å². The first-order chi connectivity index (χ1) is 9.33. The fourth-order valence-electron chi connectivity index (χ4n) is 2.00. The van der Waals surface area contributed by atoms with Crippen LogP contribution >= 0.6 is 11.6 Å². The number of rotatable bonds is 3. The molecule has 3 heteroatoms. The summed E-state index contributed by atoms with van der Waals surface area (Å²) in [4.78, 5) is 4.23. The number of benzene rings is 2. The molecule has 0 atom stereocenters. The van der Waals surface area contributed by atoms with Crippen molar-refractivity contribution in [2.45, 2.75) is 6.61 Å². The Kier molecular flexibility index (Phi) is 3.34. The average molecular weight is 270 g/mol. The van der Waals surface area contributed by atoms with Crippen LogP contribution in [0.15, 0.2) is 60.8 Å². The van der Waals surface area contributed by atoms with Gasteiger partial charge in [0.2, 0.25) is 0 Å². The molecule has 0 saturated heterocycles. The number of nitrogens with zero attached hydrogens (tertiary/aromatic N) is 1. The molecule has 0 N–H and O–H groups in total. The predicted molar refractivity (Wildman–Crippen MR) is 77.5 cm³/mol. The van der Waals surface area contributed by atoms with Gasteiger partial charge in [0.05, 0.1) is 5.69 Å². The zero-order chi connectivity index (χ0) is 13.1. The molecule has 0 amide bonds. The molecule has 2 nitrogen and oxygen atoms in total. The van der Waals surface area contributed by atoms with Crippen LogP contribution in [-0.2, 0) is 6.61 Å². The molecule has 0 fully saturated rings. The van der Waals surface area contributed by atoms with Gasteiger partial charge in [-0.15, -0.1) is 0 Å². The lowest BCUT2D eigenvalue weighted by Gasteiger charge is -2.09. The van der Waals surface area contributed by atoms with E-state index in [-0.39, 0.29) is 0 Å². The van der Waals surface area contributed by atoms with Gasteiger partial charge < -0.3 is 4.74 Å². The van der Waals surface area contributed by atoms with Crippen molar-refractivity contribution in [1.29, 1.82) is 0 Å². The SMILES string of the molecule is Clc1ccnc(COc2cccc3ccccc23)c1. The molecule has 0 unspecified atom stereocenters. The third kappa shape index (κ3) is 2.69. The van der Waals surface area contributed by atoms with E-state index in [9.17, 15) is 0 Å². The van der Waals surface area contributed by atoms with Gasteiger partial charge in [-0.1, -0.05) is 48.0 Å². The third-order valence-corrected chi connectivity index (χ3v) is 3.14. The summed E-state index contributed by atoms with van der Waals surface area (Å²) in [5.41, 5.74) is 0.820. The summed E-state index contributed by atoms with van der Waals surface area (Å²) in [6, 6.07) is 17.7. The van der Waals surface area contributed by atoms with Crippen molar-refractivity contribution in [3.8, 4) is 5.75 Å². The van der Waals surface area contributed by atoms with E-state index in [1.165, 1.54) is 5.39 Å². The molecule has 0 saturated carbocycles. The zero-order valence-corrected chi connectivity index (χ0v) is 11.0. The summed E-state index contributed by atoms with van der Waals surface area (Å²) < 4.78 is 5.84. The zero-order valence-electron chi connectivity index (χ0n) is 10.2. The Balaban J connectivity index is 1.86. The van der Waals surface area contributed by atoms with Crippen LogP contribution in [0.4, 0.5) is 0 Å². The van der Waals surface area contributed by atoms with Gasteiger partial charge in [0.25, 0.3) is 0 Å². The summed E-state index contributed by atoms with van der Waals surface area (Å²) in [5.74, 6) is 0.861. The molecule has 3 aromatic rings. The fourth-order valence-corrected chi connectivity index (χ4v) is 2.18. The van der Waals surface area contributed by atoms with E-state index < -0.39 is 0 Å². The minimum absolute atomic E-state index is 0.411. The molecule has 3 rings (SSSR count). The average Bonchev–Trinajstić information content (AvgIpc) is 2.45. The standard InChI is InChI=1S/C16H12ClNO/c17-13-8-9-18-14(10-13)11-19-16-7-3-5-12-4-1-2-6-15(12)16/h1-10H,11H2. The topological polar surface area (TPSA) is 22.1 Å². The van der Waals surface area contributed by atoms with Gasteiger partial charge in [-0.25, -0.2) is 0 Å². The summed E-state index contributed by atoms with van der Waals surface area (Å²) in [6.45, 7) is 0.411. The second-order valence-electron chi connectivity index (χ2n) is 4.23. The number of halogens is 1. The van der Waals surface area contributed by atoms with Gasteiger partial charge in [0, 0.05) is 16.6 Å². The van der Waals surface area contributed by atoms with E-state index in [4.69, 9.17) is 16.3 Å². The largest absolute Gasteiger partial charge is 0.487 e. The number of aromatic nitrogens is 1. The Labute approximate surface area is 116 Å². The van der Waals surface area contributed by atoms with Crippen LogP contribution < -0.4 is 4.74 Å². The molecule has 94 valence electrons. The van der Waals surface area contributed by atoms with Gasteiger partial charge in [-0.05, 0) is 23.6 Å². The van der Waals surface area contributed by atoms with Crippen molar-refractivity contribution in [3.05, 3.63) is 71.5 Å². The molecule has 0 aliphatic rings. The van der Waals surface area contributed by atoms with E-state index in [0.717, 1.165) is 16.8 Å². The maximum atomic E-state index is 5.93. The summed E-state index contributed by atoms with van der Waals surface area (Å²) in [7, 11) is 0. The van der Waals surface area contributed by atoms with E-state index in [1.54, 1.807) is 12.3 Å². The van der Waals surface area contributed by atoms with Crippen molar-refractivity contribution < 1.29 is 4.74 Å². The second kappa shape index (κ2) is 5.29. The maximum absolute atomic E-state index is 5.93. The van der Waals surface area contributed by atoms with Crippen LogP contribution in [0.3, 0.4) is 0 Å². The summed E-state index contributed by atoms with van der Waals surface area (Å²) in [5, 5.41) is 2.94. The van der Waals surface area contributed by atoms with E-state index >= 15 is 0 Å². The van der Waals surface area contributed by atoms with Crippen LogP contribution in [0.25, 0.3) is 10.8 Å². The number of fused-ring (bicyclic) bond motifs is 1. The fraction of sp³-hybridized carbons (Fsp3) is 0.0625. The molecule has 0 spiro atoms. The Hall–Kier alpha value is -2.06. The Morgan fingerprint density at radius 1 is 1.00 bits per heavy atom. The normalized spacial score (nSPS) is 10.6. The number of pyridine rings is 1. The molecular weight excluding hydrogens is 258 g/mol. The molecular formula is C16H12ClNO. The first-order valence-corrected chi connectivity index (χ1v) is 6.42. The van der Waals surface area contributed by atoms with Gasteiger partial charge in [-0.2, -0.15) is 0 Å². The molecule has 19 heavy (non-hydrogen) atoms.